The van der Waals surface area contributed by atoms with Crippen molar-refractivity contribution in [3.63, 3.8) is 0 Å². The Balaban J connectivity index is 2.45. The van der Waals surface area contributed by atoms with Crippen molar-refractivity contribution in [3.05, 3.63) is 51.7 Å². The third kappa shape index (κ3) is 2.22. The molecule has 2 aromatic heterocycles. The summed E-state index contributed by atoms with van der Waals surface area (Å²) in [4.78, 5) is 17.3. The summed E-state index contributed by atoms with van der Waals surface area (Å²) >= 11 is 6.15. The second kappa shape index (κ2) is 5.31. The number of halogens is 1. The summed E-state index contributed by atoms with van der Waals surface area (Å²) < 4.78 is 1.42. The van der Waals surface area contributed by atoms with Gasteiger partial charge in [-0.1, -0.05) is 24.6 Å². The smallest absolute Gasteiger partial charge is 0.268 e. The van der Waals surface area contributed by atoms with Crippen molar-refractivity contribution in [2.75, 3.05) is 0 Å². The number of H-pyrrole nitrogens is 1. The molecule has 108 valence electrons. The van der Waals surface area contributed by atoms with Crippen LogP contribution in [-0.4, -0.2) is 19.7 Å². The van der Waals surface area contributed by atoms with E-state index < -0.39 is 0 Å². The third-order valence-corrected chi connectivity index (χ3v) is 3.67. The van der Waals surface area contributed by atoms with Crippen LogP contribution in [0.2, 0.25) is 5.02 Å². The van der Waals surface area contributed by atoms with Crippen LogP contribution in [0.25, 0.3) is 16.7 Å². The number of hydrogen-bond donors (Lipinski definition) is 2. The molecule has 1 atom stereocenters. The number of benzene rings is 1. The minimum absolute atomic E-state index is 0.267. The van der Waals surface area contributed by atoms with Crippen molar-refractivity contribution < 1.29 is 0 Å². The van der Waals surface area contributed by atoms with Gasteiger partial charge in [-0.3, -0.25) is 9.89 Å². The summed E-state index contributed by atoms with van der Waals surface area (Å²) in [6.07, 6.45) is 2.29. The molecular formula is C14H14ClN5O. The molecule has 0 aliphatic carbocycles. The molecule has 0 fully saturated rings. The Hall–Kier alpha value is -2.18. The zero-order valence-corrected chi connectivity index (χ0v) is 12.1. The fourth-order valence-corrected chi connectivity index (χ4v) is 2.49. The summed E-state index contributed by atoms with van der Waals surface area (Å²) in [5, 5.41) is 7.49. The zero-order valence-electron chi connectivity index (χ0n) is 11.4. The summed E-state index contributed by atoms with van der Waals surface area (Å²) in [5.74, 6) is 0.928. The number of aromatic amines is 1. The van der Waals surface area contributed by atoms with E-state index in [2.05, 4.69) is 15.2 Å². The van der Waals surface area contributed by atoms with E-state index in [9.17, 15) is 4.79 Å². The van der Waals surface area contributed by atoms with E-state index in [1.165, 1.54) is 4.57 Å². The lowest BCUT2D eigenvalue weighted by molar-refractivity contribution is 0.618. The van der Waals surface area contributed by atoms with Crippen LogP contribution < -0.4 is 11.3 Å². The van der Waals surface area contributed by atoms with Gasteiger partial charge in [0.05, 0.1) is 22.0 Å². The molecule has 0 bridgehead atoms. The Morgan fingerprint density at radius 2 is 2.24 bits per heavy atom. The van der Waals surface area contributed by atoms with Gasteiger partial charge in [0.1, 0.15) is 5.82 Å². The monoisotopic (exact) mass is 303 g/mol. The minimum atomic E-state index is -0.363. The fraction of sp³-hybridized carbons (Fsp3) is 0.214. The third-order valence-electron chi connectivity index (χ3n) is 3.36. The molecule has 0 saturated carbocycles. The van der Waals surface area contributed by atoms with Gasteiger partial charge >= 0.3 is 0 Å². The molecule has 7 heteroatoms. The lowest BCUT2D eigenvalue weighted by Crippen LogP contribution is -2.28. The van der Waals surface area contributed by atoms with E-state index in [0.29, 0.717) is 34.0 Å². The van der Waals surface area contributed by atoms with Gasteiger partial charge < -0.3 is 5.73 Å². The highest BCUT2D eigenvalue weighted by atomic mass is 35.5. The fourth-order valence-electron chi connectivity index (χ4n) is 2.24. The second-order valence-electron chi connectivity index (χ2n) is 4.69. The van der Waals surface area contributed by atoms with E-state index >= 15 is 0 Å². The summed E-state index contributed by atoms with van der Waals surface area (Å²) in [7, 11) is 0. The number of nitrogens with two attached hydrogens (primary N) is 1. The Labute approximate surface area is 125 Å². The normalized spacial score (nSPS) is 12.7. The van der Waals surface area contributed by atoms with Gasteiger partial charge in [-0.05, 0) is 18.6 Å². The maximum atomic E-state index is 12.8. The maximum absolute atomic E-state index is 12.8. The van der Waals surface area contributed by atoms with Gasteiger partial charge in [-0.2, -0.15) is 5.10 Å². The molecule has 0 unspecified atom stereocenters. The van der Waals surface area contributed by atoms with Gasteiger partial charge in [0.2, 0.25) is 0 Å². The molecule has 0 amide bonds. The molecule has 0 aliphatic rings. The molecule has 0 aliphatic heterocycles. The molecule has 6 nitrogen and oxygen atoms in total. The Bertz CT molecular complexity index is 840. The number of hydrogen-bond acceptors (Lipinski definition) is 4. The Morgan fingerprint density at radius 3 is 2.90 bits per heavy atom. The highest BCUT2D eigenvalue weighted by molar-refractivity contribution is 6.35. The maximum Gasteiger partial charge on any atom is 0.268 e. The van der Waals surface area contributed by atoms with Crippen LogP contribution in [0.5, 0.6) is 0 Å². The second-order valence-corrected chi connectivity index (χ2v) is 5.10. The van der Waals surface area contributed by atoms with Gasteiger partial charge in [0.25, 0.3) is 5.56 Å². The SMILES string of the molecule is CC[C@H](N)c1nc2cccc(Cl)c2c(=O)n1-c1cc[nH]n1. The van der Waals surface area contributed by atoms with Crippen LogP contribution >= 0.6 is 11.6 Å². The largest absolute Gasteiger partial charge is 0.321 e. The Kier molecular flexibility index (Phi) is 3.48. The summed E-state index contributed by atoms with van der Waals surface area (Å²) in [5.41, 5.74) is 6.38. The van der Waals surface area contributed by atoms with Crippen molar-refractivity contribution in [1.29, 1.82) is 0 Å². The van der Waals surface area contributed by atoms with Gasteiger partial charge in [-0.25, -0.2) is 9.55 Å². The first kappa shape index (κ1) is 13.8. The molecule has 1 aromatic carbocycles. The summed E-state index contributed by atoms with van der Waals surface area (Å²) in [6.45, 7) is 1.94. The van der Waals surface area contributed by atoms with Crippen LogP contribution in [0.4, 0.5) is 0 Å². The van der Waals surface area contributed by atoms with Crippen LogP contribution in [0.3, 0.4) is 0 Å². The van der Waals surface area contributed by atoms with Gasteiger partial charge in [-0.15, -0.1) is 0 Å². The average molecular weight is 304 g/mol. The molecule has 3 aromatic rings. The molecule has 0 spiro atoms. The first-order chi connectivity index (χ1) is 10.1. The lowest BCUT2D eigenvalue weighted by atomic mass is 10.2. The molecule has 0 radical (unpaired) electrons. The van der Waals surface area contributed by atoms with E-state index in [0.717, 1.165) is 0 Å². The van der Waals surface area contributed by atoms with E-state index in [4.69, 9.17) is 17.3 Å². The molecule has 0 saturated heterocycles. The van der Waals surface area contributed by atoms with Crippen molar-refractivity contribution in [3.8, 4) is 5.82 Å². The van der Waals surface area contributed by atoms with Crippen molar-refractivity contribution in [2.24, 2.45) is 5.73 Å². The molecule has 2 heterocycles. The molecule has 21 heavy (non-hydrogen) atoms. The van der Waals surface area contributed by atoms with Crippen molar-refractivity contribution in [1.82, 2.24) is 19.7 Å². The molecule has 3 rings (SSSR count). The molecular weight excluding hydrogens is 290 g/mol. The standard InChI is InChI=1S/C14H14ClN5O/c1-2-9(16)13-18-10-5-3-4-8(15)12(10)14(21)20(13)11-6-7-17-19-11/h3-7,9H,2,16H2,1H3,(H,17,19)/t9-/m0/s1. The van der Waals surface area contributed by atoms with Crippen molar-refractivity contribution >= 4 is 22.5 Å². The van der Waals surface area contributed by atoms with Crippen LogP contribution in [0.1, 0.15) is 25.2 Å². The van der Waals surface area contributed by atoms with E-state index in [1.807, 2.05) is 6.92 Å². The number of nitrogens with zero attached hydrogens (tertiary/aromatic N) is 3. The van der Waals surface area contributed by atoms with Gasteiger partial charge in [0, 0.05) is 12.3 Å². The number of aromatic nitrogens is 4. The lowest BCUT2D eigenvalue weighted by Gasteiger charge is -2.16. The zero-order chi connectivity index (χ0) is 15.0. The minimum Gasteiger partial charge on any atom is -0.321 e. The summed E-state index contributed by atoms with van der Waals surface area (Å²) in [6, 6.07) is 6.51. The van der Waals surface area contributed by atoms with E-state index in [1.54, 1.807) is 30.5 Å². The quantitative estimate of drug-likeness (QED) is 0.776. The van der Waals surface area contributed by atoms with Crippen LogP contribution in [0.15, 0.2) is 35.3 Å². The number of nitrogens with one attached hydrogen (secondary N) is 1. The first-order valence-electron chi connectivity index (χ1n) is 6.60. The van der Waals surface area contributed by atoms with E-state index in [-0.39, 0.29) is 11.6 Å². The van der Waals surface area contributed by atoms with Crippen LogP contribution in [0, 0.1) is 0 Å². The van der Waals surface area contributed by atoms with Crippen molar-refractivity contribution in [2.45, 2.75) is 19.4 Å². The predicted octanol–water partition coefficient (Wildman–Crippen LogP) is 2.17. The van der Waals surface area contributed by atoms with Gasteiger partial charge in [0.15, 0.2) is 5.82 Å². The first-order valence-corrected chi connectivity index (χ1v) is 6.98. The predicted molar refractivity (Wildman–Crippen MR) is 81.7 cm³/mol. The number of rotatable bonds is 3. The average Bonchev–Trinajstić information content (AvgIpc) is 2.99. The molecule has 3 N–H and O–H groups in total. The highest BCUT2D eigenvalue weighted by Crippen LogP contribution is 2.22. The number of fused-ring (bicyclic) bond motifs is 1. The topological polar surface area (TPSA) is 89.6 Å². The Morgan fingerprint density at radius 1 is 1.43 bits per heavy atom. The van der Waals surface area contributed by atoms with Crippen LogP contribution in [-0.2, 0) is 0 Å². The highest BCUT2D eigenvalue weighted by Gasteiger charge is 2.19.